The fourth-order valence-corrected chi connectivity index (χ4v) is 3.71. The van der Waals surface area contributed by atoms with E-state index in [0.717, 1.165) is 17.7 Å². The van der Waals surface area contributed by atoms with Crippen LogP contribution in [0.15, 0.2) is 59.5 Å². The van der Waals surface area contributed by atoms with Crippen molar-refractivity contribution >= 4 is 32.7 Å². The van der Waals surface area contributed by atoms with Gasteiger partial charge in [-0.25, -0.2) is 26.7 Å². The fraction of sp³-hybridized carbons (Fsp3) is 0.0556. The van der Waals surface area contributed by atoms with Crippen LogP contribution in [0.3, 0.4) is 0 Å². The summed E-state index contributed by atoms with van der Waals surface area (Å²) in [4.78, 5) is -0.696. The maximum atomic E-state index is 14.0. The molecule has 0 aromatic heterocycles. The van der Waals surface area contributed by atoms with E-state index in [9.17, 15) is 21.6 Å². The lowest BCUT2D eigenvalue weighted by Gasteiger charge is -2.18. The minimum atomic E-state index is -4.51. The molecule has 1 atom stereocenters. The zero-order valence-electron chi connectivity index (χ0n) is 13.1. The van der Waals surface area contributed by atoms with Crippen molar-refractivity contribution < 1.29 is 21.6 Å². The standard InChI is InChI=1S/C18H12F3NO2S2/c19-13-4-1-10(2-5-13)14-6-3-11(9-17(14)25)12-7-15(20)18(16(21)8-12)26(22,23)24/h1-9,14H,(H2,22,23,24). The Hall–Kier alpha value is -2.29. The first kappa shape index (κ1) is 18.5. The van der Waals surface area contributed by atoms with Gasteiger partial charge < -0.3 is 0 Å². The summed E-state index contributed by atoms with van der Waals surface area (Å²) >= 11 is 5.34. The van der Waals surface area contributed by atoms with E-state index >= 15 is 0 Å². The summed E-state index contributed by atoms with van der Waals surface area (Å²) in [7, 11) is -4.51. The van der Waals surface area contributed by atoms with Crippen molar-refractivity contribution in [3.8, 4) is 0 Å². The Labute approximate surface area is 153 Å². The van der Waals surface area contributed by atoms with Crippen LogP contribution in [0.25, 0.3) is 5.57 Å². The smallest absolute Gasteiger partial charge is 0.224 e. The maximum Gasteiger partial charge on any atom is 0.243 e. The molecule has 3 rings (SSSR count). The van der Waals surface area contributed by atoms with Crippen LogP contribution in [-0.2, 0) is 10.0 Å². The van der Waals surface area contributed by atoms with Gasteiger partial charge in [0.25, 0.3) is 0 Å². The second kappa shape index (κ2) is 6.79. The Kier molecular flexibility index (Phi) is 4.83. The molecule has 0 aliphatic heterocycles. The van der Waals surface area contributed by atoms with Crippen molar-refractivity contribution in [3.63, 3.8) is 0 Å². The number of rotatable bonds is 3. The zero-order valence-corrected chi connectivity index (χ0v) is 14.8. The van der Waals surface area contributed by atoms with Gasteiger partial charge in [0.15, 0.2) is 4.90 Å². The Morgan fingerprint density at radius 3 is 2.08 bits per heavy atom. The Morgan fingerprint density at radius 1 is 1.00 bits per heavy atom. The normalized spacial score (nSPS) is 17.3. The highest BCUT2D eigenvalue weighted by atomic mass is 32.2. The summed E-state index contributed by atoms with van der Waals surface area (Å²) in [6.45, 7) is 0. The van der Waals surface area contributed by atoms with E-state index in [1.807, 2.05) is 0 Å². The van der Waals surface area contributed by atoms with Gasteiger partial charge in [0.05, 0.1) is 0 Å². The van der Waals surface area contributed by atoms with Crippen LogP contribution < -0.4 is 5.14 Å². The number of primary sulfonamides is 1. The van der Waals surface area contributed by atoms with Crippen LogP contribution in [0.2, 0.25) is 0 Å². The molecule has 2 aromatic carbocycles. The summed E-state index contributed by atoms with van der Waals surface area (Å²) in [6.07, 6.45) is 4.91. The average molecular weight is 395 g/mol. The number of hydrogen-bond acceptors (Lipinski definition) is 3. The summed E-state index contributed by atoms with van der Waals surface area (Å²) < 4.78 is 63.6. The summed E-state index contributed by atoms with van der Waals surface area (Å²) in [6, 6.07) is 7.63. The Balaban J connectivity index is 1.95. The lowest BCUT2D eigenvalue weighted by atomic mass is 9.88. The number of hydrogen-bond donors (Lipinski definition) is 1. The first-order valence-corrected chi connectivity index (χ1v) is 9.33. The van der Waals surface area contributed by atoms with E-state index in [-0.39, 0.29) is 17.3 Å². The number of allylic oxidation sites excluding steroid dienone is 4. The lowest BCUT2D eigenvalue weighted by molar-refractivity contribution is 0.519. The van der Waals surface area contributed by atoms with Crippen molar-refractivity contribution in [1.82, 2.24) is 0 Å². The third-order valence-corrected chi connectivity index (χ3v) is 5.25. The molecule has 1 unspecified atom stereocenters. The van der Waals surface area contributed by atoms with E-state index in [1.165, 1.54) is 12.1 Å². The van der Waals surface area contributed by atoms with Crippen LogP contribution in [0.4, 0.5) is 13.2 Å². The monoisotopic (exact) mass is 395 g/mol. The molecule has 8 heteroatoms. The molecule has 2 N–H and O–H groups in total. The molecule has 134 valence electrons. The zero-order chi connectivity index (χ0) is 19.1. The van der Waals surface area contributed by atoms with E-state index < -0.39 is 26.6 Å². The van der Waals surface area contributed by atoms with E-state index in [4.69, 9.17) is 17.4 Å². The molecular weight excluding hydrogens is 383 g/mol. The van der Waals surface area contributed by atoms with E-state index in [2.05, 4.69) is 0 Å². The molecule has 0 bridgehead atoms. The van der Waals surface area contributed by atoms with Crippen molar-refractivity contribution in [2.24, 2.45) is 5.14 Å². The minimum absolute atomic E-state index is 0.128. The second-order valence-electron chi connectivity index (χ2n) is 5.70. The average Bonchev–Trinajstić information content (AvgIpc) is 2.53. The summed E-state index contributed by atoms with van der Waals surface area (Å²) in [5.41, 5.74) is 1.33. The molecule has 1 aliphatic rings. The number of thiocarbonyl (C=S) groups is 1. The fourth-order valence-electron chi connectivity index (χ4n) is 2.71. The van der Waals surface area contributed by atoms with E-state index in [1.54, 1.807) is 30.4 Å². The van der Waals surface area contributed by atoms with Crippen LogP contribution in [0.1, 0.15) is 17.0 Å². The third-order valence-electron chi connectivity index (χ3n) is 3.92. The third kappa shape index (κ3) is 3.62. The van der Waals surface area contributed by atoms with Crippen LogP contribution in [0, 0.1) is 17.5 Å². The van der Waals surface area contributed by atoms with Gasteiger partial charge in [0.2, 0.25) is 10.0 Å². The Morgan fingerprint density at radius 2 is 1.58 bits per heavy atom. The van der Waals surface area contributed by atoms with Gasteiger partial charge in [-0.2, -0.15) is 0 Å². The molecule has 3 nitrogen and oxygen atoms in total. The molecule has 0 amide bonds. The lowest BCUT2D eigenvalue weighted by Crippen LogP contribution is -2.16. The van der Waals surface area contributed by atoms with Crippen LogP contribution >= 0.6 is 12.2 Å². The van der Waals surface area contributed by atoms with Gasteiger partial charge in [-0.05, 0) is 47.0 Å². The Bertz CT molecular complexity index is 1040. The number of sulfonamides is 1. The summed E-state index contributed by atoms with van der Waals surface area (Å²) in [5, 5.41) is 4.82. The predicted octanol–water partition coefficient (Wildman–Crippen LogP) is 3.86. The number of halogens is 3. The largest absolute Gasteiger partial charge is 0.243 e. The first-order chi connectivity index (χ1) is 12.2. The molecule has 1 aliphatic carbocycles. The molecule has 0 saturated carbocycles. The molecular formula is C18H12F3NO2S2. The van der Waals surface area contributed by atoms with Crippen molar-refractivity contribution in [1.29, 1.82) is 0 Å². The molecule has 0 heterocycles. The van der Waals surface area contributed by atoms with Gasteiger partial charge >= 0.3 is 0 Å². The minimum Gasteiger partial charge on any atom is -0.224 e. The molecule has 2 aromatic rings. The first-order valence-electron chi connectivity index (χ1n) is 7.38. The van der Waals surface area contributed by atoms with Gasteiger partial charge in [-0.3, -0.25) is 0 Å². The highest BCUT2D eigenvalue weighted by molar-refractivity contribution is 7.89. The quantitative estimate of drug-likeness (QED) is 0.803. The van der Waals surface area contributed by atoms with E-state index in [0.29, 0.717) is 10.4 Å². The van der Waals surface area contributed by atoms with Crippen LogP contribution in [0.5, 0.6) is 0 Å². The molecule has 0 radical (unpaired) electrons. The molecule has 0 spiro atoms. The molecule has 0 fully saturated rings. The maximum absolute atomic E-state index is 14.0. The molecule has 26 heavy (non-hydrogen) atoms. The van der Waals surface area contributed by atoms with Crippen molar-refractivity contribution in [3.05, 3.63) is 83.2 Å². The second-order valence-corrected chi connectivity index (χ2v) is 7.67. The predicted molar refractivity (Wildman–Crippen MR) is 96.6 cm³/mol. The highest BCUT2D eigenvalue weighted by Gasteiger charge is 2.23. The SMILES string of the molecule is NS(=O)(=O)c1c(F)cc(C2=CC(=S)C(c3ccc(F)cc3)C=C2)cc1F. The van der Waals surface area contributed by atoms with Crippen LogP contribution in [-0.4, -0.2) is 13.3 Å². The van der Waals surface area contributed by atoms with Gasteiger partial charge in [-0.1, -0.05) is 36.5 Å². The topological polar surface area (TPSA) is 60.2 Å². The van der Waals surface area contributed by atoms with Gasteiger partial charge in [0, 0.05) is 10.8 Å². The van der Waals surface area contributed by atoms with Crippen molar-refractivity contribution in [2.75, 3.05) is 0 Å². The molecule has 0 saturated heterocycles. The van der Waals surface area contributed by atoms with Crippen molar-refractivity contribution in [2.45, 2.75) is 10.8 Å². The highest BCUT2D eigenvalue weighted by Crippen LogP contribution is 2.31. The van der Waals surface area contributed by atoms with Gasteiger partial charge in [0.1, 0.15) is 17.5 Å². The number of nitrogens with two attached hydrogens (primary N) is 1. The number of benzene rings is 2. The summed E-state index contributed by atoms with van der Waals surface area (Å²) in [5.74, 6) is -3.18. The van der Waals surface area contributed by atoms with Gasteiger partial charge in [-0.15, -0.1) is 0 Å².